The molecule has 7 nitrogen and oxygen atoms in total. The second-order valence-corrected chi connectivity index (χ2v) is 6.26. The third-order valence-electron chi connectivity index (χ3n) is 4.57. The van der Waals surface area contributed by atoms with Crippen LogP contribution in [0.5, 0.6) is 17.2 Å². The summed E-state index contributed by atoms with van der Waals surface area (Å²) in [5.41, 5.74) is 7.90. The molecule has 29 heavy (non-hydrogen) atoms. The van der Waals surface area contributed by atoms with E-state index in [9.17, 15) is 10.1 Å². The topological polar surface area (TPSA) is 108 Å². The Labute approximate surface area is 166 Å². The molecule has 1 atom stereocenters. The molecular weight excluding hydrogens is 372 g/mol. The molecule has 0 saturated carbocycles. The van der Waals surface area contributed by atoms with Gasteiger partial charge in [0.05, 0.1) is 19.3 Å². The third-order valence-corrected chi connectivity index (χ3v) is 4.57. The summed E-state index contributed by atoms with van der Waals surface area (Å²) >= 11 is 0. The average Bonchev–Trinajstić information content (AvgIpc) is 3.28. The summed E-state index contributed by atoms with van der Waals surface area (Å²) < 4.78 is 21.2. The fourth-order valence-corrected chi connectivity index (χ4v) is 3.19. The predicted molar refractivity (Wildman–Crippen MR) is 102 cm³/mol. The lowest BCUT2D eigenvalue weighted by Crippen LogP contribution is -2.21. The minimum Gasteiger partial charge on any atom is -0.497 e. The molecule has 2 N–H and O–H groups in total. The van der Waals surface area contributed by atoms with Gasteiger partial charge in [0, 0.05) is 11.6 Å². The van der Waals surface area contributed by atoms with Gasteiger partial charge < -0.3 is 24.4 Å². The number of nitrogens with zero attached hydrogens (tertiary/aromatic N) is 1. The molecule has 0 aliphatic carbocycles. The van der Waals surface area contributed by atoms with Crippen LogP contribution in [0, 0.1) is 11.3 Å². The van der Waals surface area contributed by atoms with Crippen LogP contribution in [0.25, 0.3) is 0 Å². The summed E-state index contributed by atoms with van der Waals surface area (Å²) in [5.74, 6) is 0.444. The number of allylic oxidation sites excluding steroid dienone is 1. The number of fused-ring (bicyclic) bond motifs is 1. The number of nitrogens with two attached hydrogens (primary N) is 1. The zero-order valence-electron chi connectivity index (χ0n) is 15.4. The first-order valence-electron chi connectivity index (χ1n) is 8.72. The van der Waals surface area contributed by atoms with Crippen molar-refractivity contribution in [1.29, 1.82) is 5.26 Å². The lowest BCUT2D eigenvalue weighted by atomic mass is 9.83. The van der Waals surface area contributed by atoms with E-state index in [1.165, 1.54) is 12.3 Å². The van der Waals surface area contributed by atoms with E-state index < -0.39 is 11.9 Å². The number of esters is 1. The molecule has 144 valence electrons. The maximum atomic E-state index is 12.1. The van der Waals surface area contributed by atoms with Crippen molar-refractivity contribution in [1.82, 2.24) is 0 Å². The number of methoxy groups -OCH3 is 1. The largest absolute Gasteiger partial charge is 0.497 e. The Balaban J connectivity index is 1.70. The van der Waals surface area contributed by atoms with Gasteiger partial charge in [0.1, 0.15) is 28.9 Å². The van der Waals surface area contributed by atoms with E-state index in [1.54, 1.807) is 31.4 Å². The molecule has 0 spiro atoms. The van der Waals surface area contributed by atoms with E-state index in [1.807, 2.05) is 24.3 Å². The van der Waals surface area contributed by atoms with Crippen LogP contribution in [0.1, 0.15) is 27.6 Å². The van der Waals surface area contributed by atoms with Crippen LogP contribution in [-0.4, -0.2) is 13.1 Å². The van der Waals surface area contributed by atoms with Gasteiger partial charge in [-0.2, -0.15) is 5.26 Å². The van der Waals surface area contributed by atoms with Crippen LogP contribution in [-0.2, 0) is 0 Å². The number of rotatable bonds is 4. The van der Waals surface area contributed by atoms with Crippen molar-refractivity contribution in [3.63, 3.8) is 0 Å². The second kappa shape index (κ2) is 7.44. The molecular formula is C22H16N2O5. The van der Waals surface area contributed by atoms with E-state index in [0.29, 0.717) is 17.1 Å². The zero-order valence-corrected chi connectivity index (χ0v) is 15.4. The zero-order chi connectivity index (χ0) is 20.4. The number of nitriles is 1. The Morgan fingerprint density at radius 3 is 2.55 bits per heavy atom. The Kier molecular flexibility index (Phi) is 4.67. The van der Waals surface area contributed by atoms with Gasteiger partial charge in [-0.25, -0.2) is 4.79 Å². The predicted octanol–water partition coefficient (Wildman–Crippen LogP) is 3.73. The highest BCUT2D eigenvalue weighted by Gasteiger charge is 2.31. The monoisotopic (exact) mass is 388 g/mol. The summed E-state index contributed by atoms with van der Waals surface area (Å²) in [6.07, 6.45) is 1.39. The number of ether oxygens (including phenoxy) is 3. The number of carbonyl (C=O) groups is 1. The van der Waals surface area contributed by atoms with Crippen LogP contribution in [0.4, 0.5) is 0 Å². The average molecular weight is 388 g/mol. The van der Waals surface area contributed by atoms with Crippen molar-refractivity contribution in [2.24, 2.45) is 5.73 Å². The number of carbonyl (C=O) groups excluding carboxylic acids is 1. The Morgan fingerprint density at radius 1 is 1.14 bits per heavy atom. The van der Waals surface area contributed by atoms with Gasteiger partial charge in [-0.05, 0) is 35.9 Å². The van der Waals surface area contributed by atoms with Crippen LogP contribution in [0.3, 0.4) is 0 Å². The quantitative estimate of drug-likeness (QED) is 0.536. The number of hydrogen-bond donors (Lipinski definition) is 1. The van der Waals surface area contributed by atoms with Crippen molar-refractivity contribution in [2.75, 3.05) is 7.11 Å². The summed E-state index contributed by atoms with van der Waals surface area (Å²) in [6, 6.07) is 17.6. The summed E-state index contributed by atoms with van der Waals surface area (Å²) in [5, 5.41) is 9.63. The van der Waals surface area contributed by atoms with E-state index in [0.717, 1.165) is 11.1 Å². The van der Waals surface area contributed by atoms with Crippen LogP contribution < -0.4 is 19.9 Å². The minimum absolute atomic E-state index is 0.00956. The maximum Gasteiger partial charge on any atom is 0.379 e. The van der Waals surface area contributed by atoms with Crippen molar-refractivity contribution in [3.05, 3.63) is 89.2 Å². The van der Waals surface area contributed by atoms with Gasteiger partial charge in [-0.15, -0.1) is 0 Å². The van der Waals surface area contributed by atoms with Crippen LogP contribution >= 0.6 is 0 Å². The van der Waals surface area contributed by atoms with Gasteiger partial charge in [0.2, 0.25) is 11.6 Å². The van der Waals surface area contributed by atoms with E-state index in [-0.39, 0.29) is 17.4 Å². The van der Waals surface area contributed by atoms with Gasteiger partial charge in [-0.3, -0.25) is 0 Å². The first-order chi connectivity index (χ1) is 14.1. The fourth-order valence-electron chi connectivity index (χ4n) is 3.19. The normalized spacial score (nSPS) is 15.1. The molecule has 0 bridgehead atoms. The number of furan rings is 1. The molecule has 0 unspecified atom stereocenters. The standard InChI is InChI=1S/C22H16N2O5/c1-26-14-6-4-13(5-7-14)20-16-9-8-15(28-22(25)18-3-2-10-27-18)11-19(16)29-21(24)17(20)12-23/h2-11,20H,24H2,1H3/t20-/m1/s1. The second-order valence-electron chi connectivity index (χ2n) is 6.26. The molecule has 0 fully saturated rings. The third kappa shape index (κ3) is 3.39. The van der Waals surface area contributed by atoms with E-state index in [4.69, 9.17) is 24.4 Å². The van der Waals surface area contributed by atoms with Gasteiger partial charge in [0.25, 0.3) is 0 Å². The molecule has 0 radical (unpaired) electrons. The summed E-state index contributed by atoms with van der Waals surface area (Å²) in [6.45, 7) is 0. The van der Waals surface area contributed by atoms with Gasteiger partial charge in [-0.1, -0.05) is 18.2 Å². The van der Waals surface area contributed by atoms with Crippen LogP contribution in [0.15, 0.2) is 76.7 Å². The van der Waals surface area contributed by atoms with Gasteiger partial charge in [0.15, 0.2) is 0 Å². The number of benzene rings is 2. The van der Waals surface area contributed by atoms with Crippen LogP contribution in [0.2, 0.25) is 0 Å². The first kappa shape index (κ1) is 18.2. The molecule has 1 aromatic heterocycles. The highest BCUT2D eigenvalue weighted by Crippen LogP contribution is 2.43. The van der Waals surface area contributed by atoms with Crippen molar-refractivity contribution in [3.8, 4) is 23.3 Å². The Morgan fingerprint density at radius 2 is 1.90 bits per heavy atom. The number of hydrogen-bond acceptors (Lipinski definition) is 7. The molecule has 1 aliphatic rings. The fraction of sp³-hybridized carbons (Fsp3) is 0.0909. The van der Waals surface area contributed by atoms with Crippen molar-refractivity contribution in [2.45, 2.75) is 5.92 Å². The lowest BCUT2D eigenvalue weighted by Gasteiger charge is -2.26. The Bertz CT molecular complexity index is 1130. The highest BCUT2D eigenvalue weighted by atomic mass is 16.5. The smallest absolute Gasteiger partial charge is 0.379 e. The molecule has 3 aromatic rings. The molecule has 2 aromatic carbocycles. The molecule has 2 heterocycles. The van der Waals surface area contributed by atoms with E-state index in [2.05, 4.69) is 6.07 Å². The van der Waals surface area contributed by atoms with E-state index >= 15 is 0 Å². The maximum absolute atomic E-state index is 12.1. The van der Waals surface area contributed by atoms with Gasteiger partial charge >= 0.3 is 5.97 Å². The van der Waals surface area contributed by atoms with Crippen molar-refractivity contribution >= 4 is 5.97 Å². The minimum atomic E-state index is -0.626. The molecule has 7 heteroatoms. The Hall–Kier alpha value is -4.18. The first-order valence-corrected chi connectivity index (χ1v) is 8.72. The molecule has 1 aliphatic heterocycles. The lowest BCUT2D eigenvalue weighted by molar-refractivity contribution is 0.0701. The summed E-state index contributed by atoms with van der Waals surface area (Å²) in [7, 11) is 1.59. The SMILES string of the molecule is COc1ccc([C@H]2C(C#N)=C(N)Oc3cc(OC(=O)c4ccco4)ccc32)cc1. The molecule has 0 saturated heterocycles. The summed E-state index contributed by atoms with van der Waals surface area (Å²) in [4.78, 5) is 12.1. The molecule has 0 amide bonds. The molecule has 4 rings (SSSR count). The highest BCUT2D eigenvalue weighted by molar-refractivity contribution is 5.88. The van der Waals surface area contributed by atoms with Crippen molar-refractivity contribution < 1.29 is 23.4 Å².